The molecule has 3 aromatic rings. The van der Waals surface area contributed by atoms with Crippen molar-refractivity contribution in [3.05, 3.63) is 95.1 Å². The molecule has 1 amide bonds. The van der Waals surface area contributed by atoms with Crippen molar-refractivity contribution in [2.75, 3.05) is 20.2 Å². The lowest BCUT2D eigenvalue weighted by molar-refractivity contribution is 0.0413. The summed E-state index contributed by atoms with van der Waals surface area (Å²) in [5.74, 6) is 1.69. The summed E-state index contributed by atoms with van der Waals surface area (Å²) in [5.41, 5.74) is 4.34. The minimum atomic E-state index is -0.548. The highest BCUT2D eigenvalue weighted by atomic mass is 16.6. The SMILES string of the molecule is COc1cc2c(cc1OCc1ccccc1)CCN1C[C@@H](c3ccccc3)[C@H](NC(=O)OC(C)(C)C)C[C@H]21. The van der Waals surface area contributed by atoms with Crippen LogP contribution in [0.25, 0.3) is 0 Å². The Kier molecular flexibility index (Phi) is 7.61. The van der Waals surface area contributed by atoms with Gasteiger partial charge < -0.3 is 19.5 Å². The first-order chi connectivity index (χ1) is 18.3. The van der Waals surface area contributed by atoms with Gasteiger partial charge >= 0.3 is 6.09 Å². The molecule has 2 aliphatic rings. The Morgan fingerprint density at radius 1 is 1.00 bits per heavy atom. The van der Waals surface area contributed by atoms with Crippen LogP contribution >= 0.6 is 0 Å². The number of amides is 1. The molecule has 200 valence electrons. The number of benzene rings is 3. The number of ether oxygens (including phenoxy) is 3. The van der Waals surface area contributed by atoms with Gasteiger partial charge in [-0.15, -0.1) is 0 Å². The maximum atomic E-state index is 12.9. The summed E-state index contributed by atoms with van der Waals surface area (Å²) in [5, 5.41) is 3.22. The largest absolute Gasteiger partial charge is 0.493 e. The van der Waals surface area contributed by atoms with Crippen molar-refractivity contribution in [1.82, 2.24) is 10.2 Å². The van der Waals surface area contributed by atoms with E-state index >= 15 is 0 Å². The molecular formula is C32H38N2O4. The second-order valence-corrected chi connectivity index (χ2v) is 11.2. The summed E-state index contributed by atoms with van der Waals surface area (Å²) < 4.78 is 17.6. The molecule has 0 aromatic heterocycles. The third kappa shape index (κ3) is 5.97. The van der Waals surface area contributed by atoms with Crippen LogP contribution in [0, 0.1) is 0 Å². The van der Waals surface area contributed by atoms with Crippen LogP contribution in [0.3, 0.4) is 0 Å². The van der Waals surface area contributed by atoms with Crippen molar-refractivity contribution in [1.29, 1.82) is 0 Å². The van der Waals surface area contributed by atoms with Gasteiger partial charge in [0.15, 0.2) is 11.5 Å². The molecule has 6 heteroatoms. The van der Waals surface area contributed by atoms with Crippen molar-refractivity contribution in [3.63, 3.8) is 0 Å². The number of fused-ring (bicyclic) bond motifs is 3. The molecule has 38 heavy (non-hydrogen) atoms. The second-order valence-electron chi connectivity index (χ2n) is 11.2. The summed E-state index contributed by atoms with van der Waals surface area (Å²) in [6, 6.07) is 25.1. The molecule has 1 saturated heterocycles. The number of alkyl carbamates (subject to hydrolysis) is 1. The summed E-state index contributed by atoms with van der Waals surface area (Å²) in [4.78, 5) is 15.4. The zero-order chi connectivity index (χ0) is 26.7. The topological polar surface area (TPSA) is 60.0 Å². The van der Waals surface area contributed by atoms with Gasteiger partial charge in [0.2, 0.25) is 0 Å². The first kappa shape index (κ1) is 26.1. The van der Waals surface area contributed by atoms with Crippen LogP contribution < -0.4 is 14.8 Å². The van der Waals surface area contributed by atoms with Crippen LogP contribution in [-0.2, 0) is 17.8 Å². The van der Waals surface area contributed by atoms with E-state index in [1.54, 1.807) is 7.11 Å². The molecule has 3 atom stereocenters. The zero-order valence-electron chi connectivity index (χ0n) is 22.8. The smallest absolute Gasteiger partial charge is 0.407 e. The lowest BCUT2D eigenvalue weighted by Gasteiger charge is -2.47. The number of carbonyl (C=O) groups is 1. The Labute approximate surface area is 225 Å². The van der Waals surface area contributed by atoms with Gasteiger partial charge in [0.25, 0.3) is 0 Å². The highest BCUT2D eigenvalue weighted by Crippen LogP contribution is 2.45. The quantitative estimate of drug-likeness (QED) is 0.421. The van der Waals surface area contributed by atoms with E-state index in [1.165, 1.54) is 16.7 Å². The van der Waals surface area contributed by atoms with E-state index in [-0.39, 0.29) is 24.1 Å². The lowest BCUT2D eigenvalue weighted by Crippen LogP contribution is -2.53. The van der Waals surface area contributed by atoms with Gasteiger partial charge in [-0.2, -0.15) is 0 Å². The average molecular weight is 515 g/mol. The monoisotopic (exact) mass is 514 g/mol. The molecule has 6 nitrogen and oxygen atoms in total. The summed E-state index contributed by atoms with van der Waals surface area (Å²) in [6.07, 6.45) is 1.37. The molecule has 5 rings (SSSR count). The fraction of sp³-hybridized carbons (Fsp3) is 0.406. The minimum absolute atomic E-state index is 0.0561. The number of piperidine rings is 1. The van der Waals surface area contributed by atoms with E-state index in [4.69, 9.17) is 14.2 Å². The highest BCUT2D eigenvalue weighted by Gasteiger charge is 2.41. The lowest BCUT2D eigenvalue weighted by atomic mass is 9.78. The van der Waals surface area contributed by atoms with Crippen molar-refractivity contribution in [3.8, 4) is 11.5 Å². The van der Waals surface area contributed by atoms with Crippen LogP contribution in [0.15, 0.2) is 72.8 Å². The molecule has 2 aliphatic heterocycles. The number of nitrogens with one attached hydrogen (secondary N) is 1. The molecule has 0 bridgehead atoms. The summed E-state index contributed by atoms with van der Waals surface area (Å²) >= 11 is 0. The fourth-order valence-corrected chi connectivity index (χ4v) is 5.70. The van der Waals surface area contributed by atoms with E-state index in [0.29, 0.717) is 6.61 Å². The number of hydrogen-bond acceptors (Lipinski definition) is 5. The zero-order valence-corrected chi connectivity index (χ0v) is 22.8. The molecule has 2 heterocycles. The minimum Gasteiger partial charge on any atom is -0.493 e. The Morgan fingerprint density at radius 2 is 1.71 bits per heavy atom. The maximum absolute atomic E-state index is 12.9. The molecule has 1 fully saturated rings. The summed E-state index contributed by atoms with van der Waals surface area (Å²) in [7, 11) is 1.69. The predicted molar refractivity (Wildman–Crippen MR) is 149 cm³/mol. The molecule has 3 aromatic carbocycles. The van der Waals surface area contributed by atoms with Crippen molar-refractivity contribution < 1.29 is 19.0 Å². The molecule has 0 saturated carbocycles. The second kappa shape index (κ2) is 11.1. The van der Waals surface area contributed by atoms with Gasteiger partial charge in [-0.1, -0.05) is 60.7 Å². The number of nitrogens with zero attached hydrogens (tertiary/aromatic N) is 1. The van der Waals surface area contributed by atoms with Crippen molar-refractivity contribution >= 4 is 6.09 Å². The van der Waals surface area contributed by atoms with Crippen LogP contribution in [0.1, 0.15) is 61.4 Å². The number of rotatable bonds is 6. The standard InChI is InChI=1S/C32H38N2O4/c1-32(2,3)38-31(35)33-27-19-28-25-18-29(36-4)30(37-21-22-11-7-5-8-12-22)17-24(25)15-16-34(28)20-26(27)23-13-9-6-10-14-23/h5-14,17-18,26-28H,15-16,19-21H2,1-4H3,(H,33,35)/t26-,27+,28+/m0/s1. The first-order valence-corrected chi connectivity index (χ1v) is 13.5. The molecule has 0 spiro atoms. The summed E-state index contributed by atoms with van der Waals surface area (Å²) in [6.45, 7) is 8.00. The number of hydrogen-bond donors (Lipinski definition) is 1. The van der Waals surface area contributed by atoms with Gasteiger partial charge in [-0.3, -0.25) is 4.90 Å². The Hall–Kier alpha value is -3.51. The Morgan fingerprint density at radius 3 is 2.39 bits per heavy atom. The van der Waals surface area contributed by atoms with Crippen LogP contribution in [0.5, 0.6) is 11.5 Å². The molecule has 0 unspecified atom stereocenters. The number of methoxy groups -OCH3 is 1. The van der Waals surface area contributed by atoms with E-state index < -0.39 is 5.60 Å². The van der Waals surface area contributed by atoms with Crippen LogP contribution in [0.4, 0.5) is 4.79 Å². The van der Waals surface area contributed by atoms with Gasteiger partial charge in [0.05, 0.1) is 7.11 Å². The maximum Gasteiger partial charge on any atom is 0.407 e. The van der Waals surface area contributed by atoms with E-state index in [1.807, 2.05) is 45.0 Å². The fourth-order valence-electron chi connectivity index (χ4n) is 5.70. The van der Waals surface area contributed by atoms with Crippen molar-refractivity contribution in [2.45, 2.75) is 63.8 Å². The van der Waals surface area contributed by atoms with Gasteiger partial charge in [0, 0.05) is 31.1 Å². The van der Waals surface area contributed by atoms with Crippen LogP contribution in [0.2, 0.25) is 0 Å². The average Bonchev–Trinajstić information content (AvgIpc) is 2.91. The van der Waals surface area contributed by atoms with Crippen LogP contribution in [-0.4, -0.2) is 42.8 Å². The molecular weight excluding hydrogens is 476 g/mol. The Bertz CT molecular complexity index is 1240. The predicted octanol–water partition coefficient (Wildman–Crippen LogP) is 6.25. The van der Waals surface area contributed by atoms with Gasteiger partial charge in [-0.25, -0.2) is 4.79 Å². The van der Waals surface area contributed by atoms with Gasteiger partial charge in [-0.05, 0) is 68.0 Å². The van der Waals surface area contributed by atoms with E-state index in [0.717, 1.165) is 43.0 Å². The first-order valence-electron chi connectivity index (χ1n) is 13.5. The molecule has 0 radical (unpaired) electrons. The molecule has 1 N–H and O–H groups in total. The van der Waals surface area contributed by atoms with Crippen molar-refractivity contribution in [2.24, 2.45) is 0 Å². The number of carbonyl (C=O) groups excluding carboxylic acids is 1. The third-order valence-corrected chi connectivity index (χ3v) is 7.45. The normalized spacial score (nSPS) is 21.1. The highest BCUT2D eigenvalue weighted by molar-refractivity contribution is 5.68. The third-order valence-electron chi connectivity index (χ3n) is 7.45. The Balaban J connectivity index is 1.41. The van der Waals surface area contributed by atoms with E-state index in [2.05, 4.69) is 58.7 Å². The molecule has 0 aliphatic carbocycles. The van der Waals surface area contributed by atoms with Gasteiger partial charge in [0.1, 0.15) is 12.2 Å². The van der Waals surface area contributed by atoms with E-state index in [9.17, 15) is 4.79 Å².